The van der Waals surface area contributed by atoms with E-state index in [4.69, 9.17) is 4.74 Å². The van der Waals surface area contributed by atoms with E-state index in [1.54, 1.807) is 0 Å². The summed E-state index contributed by atoms with van der Waals surface area (Å²) in [7, 11) is 0. The Labute approximate surface area is 156 Å². The van der Waals surface area contributed by atoms with E-state index in [9.17, 15) is 4.79 Å². The molecule has 0 fully saturated rings. The van der Waals surface area contributed by atoms with Gasteiger partial charge in [0.2, 0.25) is 0 Å². The highest BCUT2D eigenvalue weighted by molar-refractivity contribution is 9.10. The molecule has 0 bridgehead atoms. The Bertz CT molecular complexity index is 802. The molecule has 0 spiro atoms. The molecule has 2 aromatic carbocycles. The topological polar surface area (TPSA) is 50.7 Å². The molecule has 0 saturated carbocycles. The number of nitrogens with one attached hydrogen (secondary N) is 1. The van der Waals surface area contributed by atoms with Gasteiger partial charge in [0, 0.05) is 5.56 Å². The summed E-state index contributed by atoms with van der Waals surface area (Å²) in [5.41, 5.74) is 7.18. The van der Waals surface area contributed by atoms with Crippen LogP contribution in [0.25, 0.3) is 0 Å². The third kappa shape index (κ3) is 4.48. The van der Waals surface area contributed by atoms with Crippen molar-refractivity contribution in [3.63, 3.8) is 0 Å². The first-order valence-corrected chi connectivity index (χ1v) is 9.31. The third-order valence-electron chi connectivity index (χ3n) is 4.27. The van der Waals surface area contributed by atoms with Crippen LogP contribution in [-0.4, -0.2) is 18.2 Å². The van der Waals surface area contributed by atoms with E-state index in [1.807, 2.05) is 30.3 Å². The maximum absolute atomic E-state index is 12.0. The van der Waals surface area contributed by atoms with Gasteiger partial charge in [0.25, 0.3) is 5.91 Å². The van der Waals surface area contributed by atoms with Crippen molar-refractivity contribution in [2.75, 3.05) is 6.61 Å². The van der Waals surface area contributed by atoms with Gasteiger partial charge in [-0.25, -0.2) is 5.43 Å². The highest BCUT2D eigenvalue weighted by Crippen LogP contribution is 2.26. The predicted octanol–water partition coefficient (Wildman–Crippen LogP) is 4.25. The van der Waals surface area contributed by atoms with E-state index in [0.717, 1.165) is 41.4 Å². The average molecular weight is 401 g/mol. The van der Waals surface area contributed by atoms with Crippen molar-refractivity contribution in [1.82, 2.24) is 5.43 Å². The molecule has 4 nitrogen and oxygen atoms in total. The van der Waals surface area contributed by atoms with Crippen LogP contribution in [0.15, 0.2) is 52.0 Å². The number of hydrogen-bond acceptors (Lipinski definition) is 3. The van der Waals surface area contributed by atoms with Crippen LogP contribution in [0.1, 0.15) is 36.5 Å². The fourth-order valence-electron chi connectivity index (χ4n) is 2.90. The van der Waals surface area contributed by atoms with Crippen molar-refractivity contribution >= 4 is 27.5 Å². The van der Waals surface area contributed by atoms with Crippen molar-refractivity contribution < 1.29 is 9.53 Å². The van der Waals surface area contributed by atoms with Gasteiger partial charge in [-0.05, 0) is 64.9 Å². The Kier molecular flexibility index (Phi) is 5.87. The molecule has 0 radical (unpaired) electrons. The second kappa shape index (κ2) is 8.30. The van der Waals surface area contributed by atoms with Crippen LogP contribution >= 0.6 is 15.9 Å². The number of rotatable bonds is 5. The number of halogens is 1. The third-order valence-corrected chi connectivity index (χ3v) is 4.89. The zero-order valence-corrected chi connectivity index (χ0v) is 15.8. The number of amides is 1. The normalized spacial score (nSPS) is 14.9. The zero-order chi connectivity index (χ0) is 17.6. The van der Waals surface area contributed by atoms with Gasteiger partial charge in [-0.2, -0.15) is 5.10 Å². The maximum Gasteiger partial charge on any atom is 0.277 e. The number of carbonyl (C=O) groups is 1. The number of benzene rings is 2. The summed E-state index contributed by atoms with van der Waals surface area (Å²) in [5.74, 6) is 0.394. The lowest BCUT2D eigenvalue weighted by molar-refractivity contribution is -0.123. The summed E-state index contributed by atoms with van der Waals surface area (Å²) in [6, 6.07) is 14.1. The minimum atomic E-state index is -0.262. The van der Waals surface area contributed by atoms with Crippen LogP contribution in [0.2, 0.25) is 0 Å². The van der Waals surface area contributed by atoms with Gasteiger partial charge in [-0.3, -0.25) is 4.79 Å². The van der Waals surface area contributed by atoms with Crippen LogP contribution in [0.3, 0.4) is 0 Å². The second-order valence-electron chi connectivity index (χ2n) is 6.01. The molecule has 3 rings (SSSR count). The Morgan fingerprint density at radius 3 is 2.88 bits per heavy atom. The quantitative estimate of drug-likeness (QED) is 0.762. The molecule has 0 aromatic heterocycles. The van der Waals surface area contributed by atoms with Crippen LogP contribution in [0.4, 0.5) is 0 Å². The summed E-state index contributed by atoms with van der Waals surface area (Å²) in [6.45, 7) is 2.03. The first kappa shape index (κ1) is 17.7. The highest BCUT2D eigenvalue weighted by atomic mass is 79.9. The summed E-state index contributed by atoms with van der Waals surface area (Å²) >= 11 is 3.47. The number of hydrazone groups is 1. The molecule has 5 heteroatoms. The number of ether oxygens (including phenoxy) is 1. The van der Waals surface area contributed by atoms with Crippen LogP contribution < -0.4 is 10.2 Å². The Hall–Kier alpha value is -2.14. The van der Waals surface area contributed by atoms with Gasteiger partial charge >= 0.3 is 0 Å². The molecule has 25 heavy (non-hydrogen) atoms. The first-order valence-electron chi connectivity index (χ1n) is 8.52. The molecule has 0 atom stereocenters. The van der Waals surface area contributed by atoms with E-state index >= 15 is 0 Å². The number of aryl methyl sites for hydroxylation is 2. The standard InChI is InChI=1S/C20H21BrN2O2/c1-2-14-10-11-19(17(21)12-14)25-13-20(24)23-22-18-9-5-7-15-6-3-4-8-16(15)18/h3-4,6,8,10-12H,2,5,7,9,13H2,1H3,(H,23,24). The molecule has 1 aliphatic rings. The van der Waals surface area contributed by atoms with Crippen molar-refractivity contribution in [1.29, 1.82) is 0 Å². The number of carbonyl (C=O) groups excluding carboxylic acids is 1. The molecule has 2 aromatic rings. The second-order valence-corrected chi connectivity index (χ2v) is 6.87. The van der Waals surface area contributed by atoms with Crippen molar-refractivity contribution in [2.24, 2.45) is 5.10 Å². The SMILES string of the molecule is CCc1ccc(OCC(=O)NN=C2CCCc3ccccc32)c(Br)c1. The lowest BCUT2D eigenvalue weighted by atomic mass is 9.90. The number of hydrogen-bond donors (Lipinski definition) is 1. The Balaban J connectivity index is 1.59. The van der Waals surface area contributed by atoms with Crippen LogP contribution in [-0.2, 0) is 17.6 Å². The summed E-state index contributed by atoms with van der Waals surface area (Å²) in [4.78, 5) is 12.0. The molecular weight excluding hydrogens is 380 g/mol. The Morgan fingerprint density at radius 2 is 2.08 bits per heavy atom. The molecule has 0 unspecified atom stereocenters. The predicted molar refractivity (Wildman–Crippen MR) is 103 cm³/mol. The summed E-state index contributed by atoms with van der Waals surface area (Å²) < 4.78 is 6.43. The van der Waals surface area contributed by atoms with Gasteiger partial charge in [0.1, 0.15) is 5.75 Å². The van der Waals surface area contributed by atoms with E-state index in [2.05, 4.69) is 45.5 Å². The summed E-state index contributed by atoms with van der Waals surface area (Å²) in [6.07, 6.45) is 3.95. The highest BCUT2D eigenvalue weighted by Gasteiger charge is 2.15. The van der Waals surface area contributed by atoms with Gasteiger partial charge in [-0.15, -0.1) is 0 Å². The molecule has 130 valence electrons. The minimum absolute atomic E-state index is 0.0670. The van der Waals surface area contributed by atoms with Crippen molar-refractivity contribution in [3.8, 4) is 5.75 Å². The fraction of sp³-hybridized carbons (Fsp3) is 0.300. The van der Waals surface area contributed by atoms with E-state index in [0.29, 0.717) is 5.75 Å². The minimum Gasteiger partial charge on any atom is -0.483 e. The van der Waals surface area contributed by atoms with Crippen LogP contribution in [0, 0.1) is 0 Å². The maximum atomic E-state index is 12.0. The first-order chi connectivity index (χ1) is 12.2. The van der Waals surface area contributed by atoms with Crippen molar-refractivity contribution in [2.45, 2.75) is 32.6 Å². The lowest BCUT2D eigenvalue weighted by Gasteiger charge is -2.17. The van der Waals surface area contributed by atoms with Crippen molar-refractivity contribution in [3.05, 3.63) is 63.6 Å². The summed E-state index contributed by atoms with van der Waals surface area (Å²) in [5, 5.41) is 4.31. The van der Waals surface area contributed by atoms with Gasteiger partial charge in [0.15, 0.2) is 6.61 Å². The van der Waals surface area contributed by atoms with Gasteiger partial charge in [-0.1, -0.05) is 37.3 Å². The molecule has 0 aliphatic heterocycles. The van der Waals surface area contributed by atoms with E-state index in [1.165, 1.54) is 11.1 Å². The van der Waals surface area contributed by atoms with Crippen LogP contribution in [0.5, 0.6) is 5.75 Å². The van der Waals surface area contributed by atoms with E-state index in [-0.39, 0.29) is 12.5 Å². The van der Waals surface area contributed by atoms with E-state index < -0.39 is 0 Å². The molecule has 0 saturated heterocycles. The Morgan fingerprint density at radius 1 is 1.24 bits per heavy atom. The number of fused-ring (bicyclic) bond motifs is 1. The van der Waals surface area contributed by atoms with Gasteiger partial charge in [0.05, 0.1) is 10.2 Å². The smallest absolute Gasteiger partial charge is 0.277 e. The fourth-order valence-corrected chi connectivity index (χ4v) is 3.44. The molecule has 1 amide bonds. The largest absolute Gasteiger partial charge is 0.483 e. The molecule has 1 N–H and O–H groups in total. The average Bonchev–Trinajstić information content (AvgIpc) is 2.65. The van der Waals surface area contributed by atoms with Gasteiger partial charge < -0.3 is 4.74 Å². The monoisotopic (exact) mass is 400 g/mol. The molecule has 1 aliphatic carbocycles. The zero-order valence-electron chi connectivity index (χ0n) is 14.2. The number of nitrogens with zero attached hydrogens (tertiary/aromatic N) is 1. The lowest BCUT2D eigenvalue weighted by Crippen LogP contribution is -2.27. The molecular formula is C20H21BrN2O2. The molecule has 0 heterocycles.